The summed E-state index contributed by atoms with van der Waals surface area (Å²) in [7, 11) is 0. The number of hydrogen-bond acceptors (Lipinski definition) is 2. The second-order valence-electron chi connectivity index (χ2n) is 6.05. The molecular formula is C16H34N2. The third-order valence-corrected chi connectivity index (χ3v) is 4.63. The first-order valence-corrected chi connectivity index (χ1v) is 8.18. The van der Waals surface area contributed by atoms with Gasteiger partial charge in [0.2, 0.25) is 0 Å². The Morgan fingerprint density at radius 3 is 2.44 bits per heavy atom. The zero-order valence-electron chi connectivity index (χ0n) is 13.0. The summed E-state index contributed by atoms with van der Waals surface area (Å²) in [5, 5.41) is 3.69. The second-order valence-corrected chi connectivity index (χ2v) is 6.05. The zero-order chi connectivity index (χ0) is 13.4. The van der Waals surface area contributed by atoms with Crippen molar-refractivity contribution in [1.29, 1.82) is 0 Å². The molecule has 0 spiro atoms. The quantitative estimate of drug-likeness (QED) is 0.711. The Hall–Kier alpha value is -0.0800. The predicted molar refractivity (Wildman–Crippen MR) is 81.0 cm³/mol. The lowest BCUT2D eigenvalue weighted by Gasteiger charge is -2.36. The number of hydrogen-bond donors (Lipinski definition) is 1. The normalized spacial score (nSPS) is 24.2. The monoisotopic (exact) mass is 254 g/mol. The van der Waals surface area contributed by atoms with Crippen LogP contribution in [0.3, 0.4) is 0 Å². The molecule has 1 heterocycles. The van der Waals surface area contributed by atoms with Crippen LogP contribution in [0.2, 0.25) is 0 Å². The summed E-state index contributed by atoms with van der Waals surface area (Å²) in [5.41, 5.74) is 0. The van der Waals surface area contributed by atoms with Crippen molar-refractivity contribution in [1.82, 2.24) is 10.2 Å². The smallest absolute Gasteiger partial charge is 0.0195 e. The number of nitrogens with zero attached hydrogens (tertiary/aromatic N) is 1. The van der Waals surface area contributed by atoms with Gasteiger partial charge in [-0.05, 0) is 44.7 Å². The lowest BCUT2D eigenvalue weighted by molar-refractivity contribution is 0.148. The first kappa shape index (κ1) is 16.0. The van der Waals surface area contributed by atoms with Gasteiger partial charge in [0.15, 0.2) is 0 Å². The zero-order valence-corrected chi connectivity index (χ0v) is 13.0. The van der Waals surface area contributed by atoms with E-state index in [1.54, 1.807) is 0 Å². The third-order valence-electron chi connectivity index (χ3n) is 4.63. The molecular weight excluding hydrogens is 220 g/mol. The van der Waals surface area contributed by atoms with Crippen LogP contribution in [0.15, 0.2) is 0 Å². The van der Waals surface area contributed by atoms with Crippen LogP contribution in [0.1, 0.15) is 66.2 Å². The molecule has 0 aromatic heterocycles. The first-order chi connectivity index (χ1) is 8.71. The molecule has 1 aliphatic rings. The first-order valence-electron chi connectivity index (χ1n) is 8.18. The molecule has 1 rings (SSSR count). The highest BCUT2D eigenvalue weighted by molar-refractivity contribution is 4.80. The van der Waals surface area contributed by atoms with Crippen LogP contribution in [0.4, 0.5) is 0 Å². The van der Waals surface area contributed by atoms with E-state index in [0.717, 1.165) is 18.0 Å². The van der Waals surface area contributed by atoms with E-state index in [1.807, 2.05) is 0 Å². The molecule has 0 aromatic carbocycles. The molecule has 2 nitrogen and oxygen atoms in total. The fourth-order valence-electron chi connectivity index (χ4n) is 3.10. The number of piperidine rings is 1. The van der Waals surface area contributed by atoms with Crippen molar-refractivity contribution in [3.05, 3.63) is 0 Å². The highest BCUT2D eigenvalue weighted by Gasteiger charge is 2.21. The second kappa shape index (κ2) is 8.92. The fourth-order valence-corrected chi connectivity index (χ4v) is 3.10. The summed E-state index contributed by atoms with van der Waals surface area (Å²) >= 11 is 0. The van der Waals surface area contributed by atoms with Gasteiger partial charge in [-0.3, -0.25) is 4.90 Å². The molecule has 0 saturated carbocycles. The van der Waals surface area contributed by atoms with Crippen molar-refractivity contribution in [3.8, 4) is 0 Å². The molecule has 3 atom stereocenters. The van der Waals surface area contributed by atoms with Crippen molar-refractivity contribution in [3.63, 3.8) is 0 Å². The maximum absolute atomic E-state index is 3.69. The van der Waals surface area contributed by atoms with E-state index >= 15 is 0 Å². The Morgan fingerprint density at radius 1 is 1.17 bits per heavy atom. The van der Waals surface area contributed by atoms with Crippen molar-refractivity contribution >= 4 is 0 Å². The number of rotatable bonds is 8. The maximum Gasteiger partial charge on any atom is 0.0195 e. The SMILES string of the molecule is CCC(C)CC(CC)N(CC)CC1CCCCN1. The van der Waals surface area contributed by atoms with Gasteiger partial charge in [0.1, 0.15) is 0 Å². The fraction of sp³-hybridized carbons (Fsp3) is 1.00. The summed E-state index contributed by atoms with van der Waals surface area (Å²) < 4.78 is 0. The van der Waals surface area contributed by atoms with Crippen LogP contribution in [0.5, 0.6) is 0 Å². The lowest BCUT2D eigenvalue weighted by Crippen LogP contribution is -2.47. The number of likely N-dealkylation sites (N-methyl/N-ethyl adjacent to an activating group) is 1. The maximum atomic E-state index is 3.69. The van der Waals surface area contributed by atoms with Gasteiger partial charge in [-0.25, -0.2) is 0 Å². The van der Waals surface area contributed by atoms with Crippen molar-refractivity contribution in [2.75, 3.05) is 19.6 Å². The summed E-state index contributed by atoms with van der Waals surface area (Å²) in [6.07, 6.45) is 8.13. The van der Waals surface area contributed by atoms with E-state index in [4.69, 9.17) is 0 Å². The third kappa shape index (κ3) is 5.27. The Kier molecular flexibility index (Phi) is 7.92. The highest BCUT2D eigenvalue weighted by Crippen LogP contribution is 2.19. The summed E-state index contributed by atoms with van der Waals surface area (Å²) in [6, 6.07) is 1.53. The van der Waals surface area contributed by atoms with Gasteiger partial charge in [0, 0.05) is 18.6 Å². The molecule has 0 aliphatic carbocycles. The van der Waals surface area contributed by atoms with Gasteiger partial charge in [-0.1, -0.05) is 40.5 Å². The van der Waals surface area contributed by atoms with E-state index in [2.05, 4.69) is 37.9 Å². The molecule has 1 N–H and O–H groups in total. The molecule has 3 unspecified atom stereocenters. The Balaban J connectivity index is 2.44. The van der Waals surface area contributed by atoms with Gasteiger partial charge in [-0.2, -0.15) is 0 Å². The van der Waals surface area contributed by atoms with Crippen LogP contribution in [0, 0.1) is 5.92 Å². The minimum Gasteiger partial charge on any atom is -0.313 e. The van der Waals surface area contributed by atoms with Gasteiger partial charge < -0.3 is 5.32 Å². The summed E-state index contributed by atoms with van der Waals surface area (Å²) in [5.74, 6) is 0.864. The molecule has 18 heavy (non-hydrogen) atoms. The van der Waals surface area contributed by atoms with Crippen LogP contribution in [-0.2, 0) is 0 Å². The van der Waals surface area contributed by atoms with Crippen molar-refractivity contribution in [2.45, 2.75) is 78.3 Å². The predicted octanol–water partition coefficient (Wildman–Crippen LogP) is 3.67. The standard InChI is InChI=1S/C16H34N2/c1-5-14(4)12-16(6-2)18(7-3)13-15-10-8-9-11-17-15/h14-17H,5-13H2,1-4H3. The van der Waals surface area contributed by atoms with E-state index in [1.165, 1.54) is 58.2 Å². The van der Waals surface area contributed by atoms with Gasteiger partial charge in [0.25, 0.3) is 0 Å². The van der Waals surface area contributed by atoms with Crippen LogP contribution >= 0.6 is 0 Å². The molecule has 2 heteroatoms. The Morgan fingerprint density at radius 2 is 1.94 bits per heavy atom. The van der Waals surface area contributed by atoms with E-state index in [-0.39, 0.29) is 0 Å². The average Bonchev–Trinajstić information content (AvgIpc) is 2.43. The van der Waals surface area contributed by atoms with Crippen molar-refractivity contribution < 1.29 is 0 Å². The van der Waals surface area contributed by atoms with Gasteiger partial charge in [0.05, 0.1) is 0 Å². The molecule has 1 aliphatic heterocycles. The molecule has 0 bridgehead atoms. The highest BCUT2D eigenvalue weighted by atomic mass is 15.2. The van der Waals surface area contributed by atoms with Crippen LogP contribution in [0.25, 0.3) is 0 Å². The minimum absolute atomic E-state index is 0.740. The lowest BCUT2D eigenvalue weighted by atomic mass is 9.95. The molecule has 0 aromatic rings. The minimum atomic E-state index is 0.740. The van der Waals surface area contributed by atoms with E-state index < -0.39 is 0 Å². The van der Waals surface area contributed by atoms with Crippen molar-refractivity contribution in [2.24, 2.45) is 5.92 Å². The summed E-state index contributed by atoms with van der Waals surface area (Å²) in [4.78, 5) is 2.72. The topological polar surface area (TPSA) is 15.3 Å². The largest absolute Gasteiger partial charge is 0.313 e. The molecule has 1 saturated heterocycles. The molecule has 1 fully saturated rings. The summed E-state index contributed by atoms with van der Waals surface area (Å²) in [6.45, 7) is 13.1. The van der Waals surface area contributed by atoms with Gasteiger partial charge >= 0.3 is 0 Å². The van der Waals surface area contributed by atoms with Gasteiger partial charge in [-0.15, -0.1) is 0 Å². The Labute approximate surface area is 115 Å². The number of nitrogens with one attached hydrogen (secondary N) is 1. The Bertz CT molecular complexity index is 199. The molecule has 108 valence electrons. The average molecular weight is 254 g/mol. The molecule has 0 radical (unpaired) electrons. The molecule has 0 amide bonds. The van der Waals surface area contributed by atoms with E-state index in [0.29, 0.717) is 0 Å². The van der Waals surface area contributed by atoms with E-state index in [9.17, 15) is 0 Å². The van der Waals surface area contributed by atoms with Crippen LogP contribution < -0.4 is 5.32 Å². The van der Waals surface area contributed by atoms with Crippen LogP contribution in [-0.4, -0.2) is 36.6 Å².